The first kappa shape index (κ1) is 15.6. The van der Waals surface area contributed by atoms with E-state index in [1.165, 1.54) is 24.5 Å². The summed E-state index contributed by atoms with van der Waals surface area (Å²) in [5.74, 6) is 1.08. The number of nitrogens with zero attached hydrogens (tertiary/aromatic N) is 1. The minimum atomic E-state index is -0.280. The van der Waals surface area contributed by atoms with Crippen LogP contribution < -0.4 is 19.5 Å². The molecule has 1 amide bonds. The van der Waals surface area contributed by atoms with Crippen molar-refractivity contribution in [1.29, 1.82) is 0 Å². The zero-order valence-corrected chi connectivity index (χ0v) is 12.7. The molecule has 0 saturated heterocycles. The van der Waals surface area contributed by atoms with Crippen LogP contribution in [0, 0.1) is 5.21 Å². The summed E-state index contributed by atoms with van der Waals surface area (Å²) in [6.45, 7) is 1.85. The molecule has 2 aromatic rings. The van der Waals surface area contributed by atoms with E-state index in [9.17, 15) is 10.0 Å². The predicted octanol–water partition coefficient (Wildman–Crippen LogP) is 1.83. The molecule has 0 fully saturated rings. The van der Waals surface area contributed by atoms with Gasteiger partial charge in [0.05, 0.1) is 25.8 Å². The zero-order valence-electron chi connectivity index (χ0n) is 12.7. The second-order valence-electron chi connectivity index (χ2n) is 4.75. The van der Waals surface area contributed by atoms with Crippen LogP contribution in [0.1, 0.15) is 28.9 Å². The number of hydrogen-bond donors (Lipinski definition) is 1. The Hall–Kier alpha value is -2.76. The number of nitrogens with one attached hydrogen (secondary N) is 1. The molecule has 0 aliphatic carbocycles. The number of methoxy groups -OCH3 is 2. The van der Waals surface area contributed by atoms with Crippen molar-refractivity contribution in [3.63, 3.8) is 0 Å². The number of ether oxygens (including phenoxy) is 2. The van der Waals surface area contributed by atoms with Gasteiger partial charge < -0.3 is 20.0 Å². The van der Waals surface area contributed by atoms with E-state index in [0.29, 0.717) is 21.8 Å². The van der Waals surface area contributed by atoms with Crippen LogP contribution in [-0.2, 0) is 0 Å². The van der Waals surface area contributed by atoms with Gasteiger partial charge in [0, 0.05) is 17.7 Å². The highest BCUT2D eigenvalue weighted by Gasteiger charge is 2.16. The third-order valence-electron chi connectivity index (χ3n) is 3.32. The number of benzene rings is 1. The first-order chi connectivity index (χ1) is 10.5. The van der Waals surface area contributed by atoms with Crippen molar-refractivity contribution in [3.8, 4) is 11.5 Å². The molecule has 1 aromatic carbocycles. The molecule has 6 heteroatoms. The Balaban J connectivity index is 2.19. The molecule has 1 N–H and O–H groups in total. The first-order valence-electron chi connectivity index (χ1n) is 6.76. The Bertz CT molecular complexity index is 656. The highest BCUT2D eigenvalue weighted by Crippen LogP contribution is 2.29. The molecule has 0 aliphatic rings. The fourth-order valence-corrected chi connectivity index (χ4v) is 2.10. The van der Waals surface area contributed by atoms with Crippen LogP contribution >= 0.6 is 0 Å². The van der Waals surface area contributed by atoms with Crippen LogP contribution in [0.2, 0.25) is 0 Å². The molecule has 0 unspecified atom stereocenters. The molecule has 0 radical (unpaired) electrons. The van der Waals surface area contributed by atoms with Crippen molar-refractivity contribution in [3.05, 3.63) is 59.1 Å². The summed E-state index contributed by atoms with van der Waals surface area (Å²) in [6.07, 6.45) is 2.57. The number of hydrogen-bond acceptors (Lipinski definition) is 4. The topological polar surface area (TPSA) is 74.5 Å². The van der Waals surface area contributed by atoms with Crippen molar-refractivity contribution >= 4 is 5.91 Å². The molecule has 2 rings (SSSR count). The molecule has 1 heterocycles. The summed E-state index contributed by atoms with van der Waals surface area (Å²) in [7, 11) is 3.15. The SMILES string of the molecule is COc1ccc(OC)c([C@@H](C)NC(=O)c2cc[n+]([O-])cc2)c1. The van der Waals surface area contributed by atoms with Crippen LogP contribution in [0.3, 0.4) is 0 Å². The van der Waals surface area contributed by atoms with Crippen molar-refractivity contribution < 1.29 is 19.0 Å². The summed E-state index contributed by atoms with van der Waals surface area (Å²) >= 11 is 0. The van der Waals surface area contributed by atoms with Crippen molar-refractivity contribution in [2.75, 3.05) is 14.2 Å². The average molecular weight is 302 g/mol. The number of amides is 1. The molecule has 1 atom stereocenters. The van der Waals surface area contributed by atoms with Gasteiger partial charge in [-0.3, -0.25) is 4.79 Å². The van der Waals surface area contributed by atoms with Gasteiger partial charge in [0.2, 0.25) is 0 Å². The summed E-state index contributed by atoms with van der Waals surface area (Å²) in [6, 6.07) is 8.06. The molecule has 116 valence electrons. The van der Waals surface area contributed by atoms with Gasteiger partial charge in [0.1, 0.15) is 11.5 Å². The lowest BCUT2D eigenvalue weighted by Gasteiger charge is -2.18. The number of rotatable bonds is 5. The predicted molar refractivity (Wildman–Crippen MR) is 80.8 cm³/mol. The maximum Gasteiger partial charge on any atom is 0.252 e. The van der Waals surface area contributed by atoms with Crippen LogP contribution in [0.25, 0.3) is 0 Å². The molecular weight excluding hydrogens is 284 g/mol. The van der Waals surface area contributed by atoms with Crippen molar-refractivity contribution in [2.24, 2.45) is 0 Å². The molecular formula is C16H18N2O4. The fraction of sp³-hybridized carbons (Fsp3) is 0.250. The van der Waals surface area contributed by atoms with E-state index in [1.54, 1.807) is 26.4 Å². The van der Waals surface area contributed by atoms with Gasteiger partial charge >= 0.3 is 0 Å². The standard InChI is InChI=1S/C16H18N2O4/c1-11(14-10-13(21-2)4-5-15(14)22-3)17-16(19)12-6-8-18(20)9-7-12/h4-11H,1-3H3,(H,17,19)/t11-/m1/s1. The third kappa shape index (κ3) is 3.46. The van der Waals surface area contributed by atoms with Gasteiger partial charge in [-0.25, -0.2) is 0 Å². The minimum absolute atomic E-state index is 0.266. The molecule has 6 nitrogen and oxygen atoms in total. The van der Waals surface area contributed by atoms with Gasteiger partial charge in [0.25, 0.3) is 5.91 Å². The Morgan fingerprint density at radius 1 is 1.18 bits per heavy atom. The first-order valence-corrected chi connectivity index (χ1v) is 6.76. The lowest BCUT2D eigenvalue weighted by atomic mass is 10.1. The number of aromatic nitrogens is 1. The van der Waals surface area contributed by atoms with Crippen LogP contribution in [-0.4, -0.2) is 20.1 Å². The molecule has 0 spiro atoms. The Kier molecular flexibility index (Phi) is 4.83. The second-order valence-corrected chi connectivity index (χ2v) is 4.75. The molecule has 1 aromatic heterocycles. The molecule has 0 bridgehead atoms. The average Bonchev–Trinajstić information content (AvgIpc) is 2.54. The van der Waals surface area contributed by atoms with E-state index in [0.717, 1.165) is 5.56 Å². The highest BCUT2D eigenvalue weighted by molar-refractivity contribution is 5.94. The quantitative estimate of drug-likeness (QED) is 0.675. The lowest BCUT2D eigenvalue weighted by molar-refractivity contribution is -0.605. The normalized spacial score (nSPS) is 11.6. The largest absolute Gasteiger partial charge is 0.619 e. The van der Waals surface area contributed by atoms with E-state index in [-0.39, 0.29) is 11.9 Å². The van der Waals surface area contributed by atoms with E-state index >= 15 is 0 Å². The monoisotopic (exact) mass is 302 g/mol. The van der Waals surface area contributed by atoms with E-state index in [1.807, 2.05) is 13.0 Å². The maximum atomic E-state index is 12.2. The molecule has 0 aliphatic heterocycles. The Labute approximate surface area is 128 Å². The Morgan fingerprint density at radius 3 is 2.45 bits per heavy atom. The maximum absolute atomic E-state index is 12.2. The second kappa shape index (κ2) is 6.80. The lowest BCUT2D eigenvalue weighted by Crippen LogP contribution is -2.29. The summed E-state index contributed by atoms with van der Waals surface area (Å²) in [5.41, 5.74) is 1.23. The third-order valence-corrected chi connectivity index (χ3v) is 3.32. The van der Waals surface area contributed by atoms with Gasteiger partial charge in [0.15, 0.2) is 12.4 Å². The smallest absolute Gasteiger partial charge is 0.252 e. The zero-order chi connectivity index (χ0) is 16.1. The van der Waals surface area contributed by atoms with E-state index in [4.69, 9.17) is 9.47 Å². The van der Waals surface area contributed by atoms with Crippen LogP contribution in [0.4, 0.5) is 0 Å². The summed E-state index contributed by atoms with van der Waals surface area (Å²) < 4.78 is 11.1. The number of pyridine rings is 1. The molecule has 0 saturated carbocycles. The highest BCUT2D eigenvalue weighted by atomic mass is 16.5. The van der Waals surface area contributed by atoms with Crippen LogP contribution in [0.15, 0.2) is 42.7 Å². The number of carbonyl (C=O) groups is 1. The number of carbonyl (C=O) groups excluding carboxylic acids is 1. The summed E-state index contributed by atoms with van der Waals surface area (Å²) in [5, 5.41) is 13.9. The summed E-state index contributed by atoms with van der Waals surface area (Å²) in [4.78, 5) is 12.2. The van der Waals surface area contributed by atoms with Gasteiger partial charge in [-0.15, -0.1) is 0 Å². The van der Waals surface area contributed by atoms with Gasteiger partial charge in [-0.1, -0.05) is 0 Å². The van der Waals surface area contributed by atoms with Gasteiger partial charge in [-0.2, -0.15) is 4.73 Å². The minimum Gasteiger partial charge on any atom is -0.619 e. The van der Waals surface area contributed by atoms with Crippen LogP contribution in [0.5, 0.6) is 11.5 Å². The van der Waals surface area contributed by atoms with E-state index in [2.05, 4.69) is 5.32 Å². The van der Waals surface area contributed by atoms with Gasteiger partial charge in [-0.05, 0) is 25.1 Å². The van der Waals surface area contributed by atoms with E-state index < -0.39 is 0 Å². The van der Waals surface area contributed by atoms with Crippen molar-refractivity contribution in [1.82, 2.24) is 5.32 Å². The molecule has 22 heavy (non-hydrogen) atoms. The fourth-order valence-electron chi connectivity index (χ4n) is 2.10. The Morgan fingerprint density at radius 2 is 1.86 bits per heavy atom. The van der Waals surface area contributed by atoms with Crippen molar-refractivity contribution in [2.45, 2.75) is 13.0 Å².